The van der Waals surface area contributed by atoms with Crippen LogP contribution in [0.1, 0.15) is 108 Å². The number of allylic oxidation sites excluding steroid dienone is 3. The van der Waals surface area contributed by atoms with Gasteiger partial charge in [-0.15, -0.1) is 0 Å². The Morgan fingerprint density at radius 3 is 1.95 bits per heavy atom. The fraction of sp³-hybridized carbons (Fsp3) is 0.636. The fourth-order valence-electron chi connectivity index (χ4n) is 5.47. The van der Waals surface area contributed by atoms with Crippen LogP contribution in [0.3, 0.4) is 0 Å². The van der Waals surface area contributed by atoms with Gasteiger partial charge in [0, 0.05) is 11.5 Å². The smallest absolute Gasteiger partial charge is 0.328 e. The van der Waals surface area contributed by atoms with Gasteiger partial charge in [-0.05, 0) is 102 Å². The average molecular weight is 573 g/mol. The van der Waals surface area contributed by atoms with E-state index in [9.17, 15) is 9.59 Å². The molecule has 41 heavy (non-hydrogen) atoms. The number of ether oxygens (including phenoxy) is 2. The van der Waals surface area contributed by atoms with Crippen molar-refractivity contribution < 1.29 is 30.5 Å². The van der Waals surface area contributed by atoms with E-state index in [2.05, 4.69) is 38.0 Å². The second kappa shape index (κ2) is 18.1. The Balaban J connectivity index is 2.61. The lowest BCUT2D eigenvalue weighted by Crippen LogP contribution is -2.50. The Labute approximate surface area is 247 Å². The summed E-state index contributed by atoms with van der Waals surface area (Å²) in [4.78, 5) is 26.5. The zero-order valence-electron chi connectivity index (χ0n) is 25.8. The van der Waals surface area contributed by atoms with Crippen molar-refractivity contribution in [3.63, 3.8) is 0 Å². The molecule has 1 aliphatic rings. The minimum absolute atomic E-state index is 0.107. The fourth-order valence-corrected chi connectivity index (χ4v) is 5.47. The third-order valence-corrected chi connectivity index (χ3v) is 8.00. The van der Waals surface area contributed by atoms with Crippen molar-refractivity contribution in [3.8, 4) is 11.5 Å². The minimum Gasteiger partial charge on any atom is -0.425 e. The summed E-state index contributed by atoms with van der Waals surface area (Å²) in [6.07, 6.45) is 12.5. The molecule has 0 aliphatic heterocycles. The number of unbranched alkanes of at least 4 members (excludes halogenated alkanes) is 4. The first-order valence-electron chi connectivity index (χ1n) is 15.6. The molecule has 0 unspecified atom stereocenters. The van der Waals surface area contributed by atoms with Crippen LogP contribution in [0.2, 0.25) is 0 Å². The van der Waals surface area contributed by atoms with Crippen LogP contribution in [-0.2, 0) is 16.0 Å². The zero-order chi connectivity index (χ0) is 30.4. The van der Waals surface area contributed by atoms with E-state index >= 15 is 0 Å². The number of nitrogens with two attached hydrogens (primary N) is 2. The molecule has 0 saturated heterocycles. The lowest BCUT2D eigenvalue weighted by Gasteiger charge is -2.33. The van der Waals surface area contributed by atoms with E-state index in [0.717, 1.165) is 88.4 Å². The summed E-state index contributed by atoms with van der Waals surface area (Å²) in [5.41, 5.74) is 24.2. The summed E-state index contributed by atoms with van der Waals surface area (Å²) < 4.78 is 12.2. The van der Waals surface area contributed by atoms with E-state index in [-0.39, 0.29) is 11.8 Å². The Hall–Kier alpha value is -2.52. The minimum atomic E-state index is -0.744. The number of rotatable bonds is 18. The summed E-state index contributed by atoms with van der Waals surface area (Å²) in [6.45, 7) is 12.2. The van der Waals surface area contributed by atoms with Crippen LogP contribution >= 0.6 is 0 Å². The Morgan fingerprint density at radius 2 is 1.49 bits per heavy atom. The maximum absolute atomic E-state index is 13.3. The van der Waals surface area contributed by atoms with Gasteiger partial charge in [-0.25, -0.2) is 9.59 Å². The number of hydrogen-bond donors (Lipinski definition) is 4. The van der Waals surface area contributed by atoms with Crippen LogP contribution in [0, 0.1) is 5.92 Å². The van der Waals surface area contributed by atoms with Crippen LogP contribution in [0.25, 0.3) is 0 Å². The van der Waals surface area contributed by atoms with Crippen molar-refractivity contribution >= 4 is 11.9 Å². The van der Waals surface area contributed by atoms with E-state index in [1.807, 2.05) is 19.1 Å². The van der Waals surface area contributed by atoms with Crippen LogP contribution in [0.4, 0.5) is 0 Å². The molecule has 0 saturated carbocycles. The highest BCUT2D eigenvalue weighted by Crippen LogP contribution is 2.47. The normalized spacial score (nSPS) is 18.4. The monoisotopic (exact) mass is 572 g/mol. The van der Waals surface area contributed by atoms with Gasteiger partial charge in [0.2, 0.25) is 0 Å². The molecule has 0 fully saturated rings. The molecule has 0 heterocycles. The van der Waals surface area contributed by atoms with Gasteiger partial charge >= 0.3 is 11.9 Å². The molecule has 10 N–H and O–H groups in total. The number of carbonyl (C=O) groups excluding carboxylic acids is 2. The maximum Gasteiger partial charge on any atom is 0.328 e. The molecular weight excluding hydrogens is 516 g/mol. The Bertz CT molecular complexity index is 987. The van der Waals surface area contributed by atoms with Crippen molar-refractivity contribution in [2.45, 2.75) is 116 Å². The average Bonchev–Trinajstić information content (AvgIpc) is 2.93. The summed E-state index contributed by atoms with van der Waals surface area (Å²) >= 11 is 0. The molecule has 0 bridgehead atoms. The van der Waals surface area contributed by atoms with Gasteiger partial charge in [-0.3, -0.25) is 0 Å². The number of esters is 2. The first kappa shape index (κ1) is 34.7. The maximum atomic E-state index is 13.3. The van der Waals surface area contributed by atoms with E-state index in [1.54, 1.807) is 0 Å². The van der Waals surface area contributed by atoms with Gasteiger partial charge in [0.1, 0.15) is 23.6 Å². The van der Waals surface area contributed by atoms with E-state index in [4.69, 9.17) is 20.9 Å². The number of aryl methyl sites for hydroxylation is 1. The van der Waals surface area contributed by atoms with Crippen LogP contribution in [0.5, 0.6) is 11.5 Å². The Kier molecular flexibility index (Phi) is 15.3. The largest absolute Gasteiger partial charge is 0.425 e. The SMILES string of the molecule is C=C(C)[C@@H]1CCC(C)=C[C@H]1c1c(OC(=O)[C@@H](N)CCCC[NH3+])cc(CCCCC)cc1OC(=O)[C@@H](N)CCCC[NH3+]. The molecule has 0 aromatic heterocycles. The van der Waals surface area contributed by atoms with Gasteiger partial charge in [0.15, 0.2) is 0 Å². The highest BCUT2D eigenvalue weighted by atomic mass is 16.5. The quantitative estimate of drug-likeness (QED) is 0.0907. The van der Waals surface area contributed by atoms with Crippen molar-refractivity contribution in [3.05, 3.63) is 47.1 Å². The molecule has 8 heteroatoms. The molecule has 8 nitrogen and oxygen atoms in total. The van der Waals surface area contributed by atoms with Crippen LogP contribution in [0.15, 0.2) is 35.9 Å². The van der Waals surface area contributed by atoms with Crippen LogP contribution in [-0.4, -0.2) is 37.1 Å². The summed E-state index contributed by atoms with van der Waals surface area (Å²) in [5, 5.41) is 0. The van der Waals surface area contributed by atoms with Crippen LogP contribution < -0.4 is 32.4 Å². The van der Waals surface area contributed by atoms with Crippen molar-refractivity contribution in [1.82, 2.24) is 0 Å². The second-order valence-corrected chi connectivity index (χ2v) is 11.7. The summed E-state index contributed by atoms with van der Waals surface area (Å²) in [6, 6.07) is 2.38. The lowest BCUT2D eigenvalue weighted by atomic mass is 9.73. The highest BCUT2D eigenvalue weighted by Gasteiger charge is 2.33. The summed E-state index contributed by atoms with van der Waals surface area (Å²) in [7, 11) is 0. The number of carbonyl (C=O) groups is 2. The molecule has 0 radical (unpaired) electrons. The molecule has 230 valence electrons. The number of quaternary nitrogens is 2. The topological polar surface area (TPSA) is 160 Å². The van der Waals surface area contributed by atoms with E-state index < -0.39 is 24.0 Å². The van der Waals surface area contributed by atoms with Crippen molar-refractivity contribution in [1.29, 1.82) is 0 Å². The predicted octanol–water partition coefficient (Wildman–Crippen LogP) is 3.73. The zero-order valence-corrected chi connectivity index (χ0v) is 25.8. The Morgan fingerprint density at radius 1 is 0.951 bits per heavy atom. The standard InChI is InChI=1S/C33H54N4O4/c1-5-6-7-12-24-20-29(40-32(38)27(36)13-8-10-17-34)31(26-19-23(4)15-16-25(26)22(2)3)30(21-24)41-33(39)28(37)14-9-11-18-35/h19-21,25-28H,2,5-18,34-37H2,1,3-4H3/p+2/t25-,26+,27-,28-/m0/s1. The van der Waals surface area contributed by atoms with Gasteiger partial charge in [0.25, 0.3) is 0 Å². The van der Waals surface area contributed by atoms with E-state index in [0.29, 0.717) is 29.9 Å². The third-order valence-electron chi connectivity index (χ3n) is 8.00. The third kappa shape index (κ3) is 11.0. The number of benzene rings is 1. The molecule has 2 rings (SSSR count). The van der Waals surface area contributed by atoms with Crippen molar-refractivity contribution in [2.24, 2.45) is 17.4 Å². The van der Waals surface area contributed by atoms with Gasteiger partial charge < -0.3 is 32.4 Å². The molecule has 0 amide bonds. The molecule has 0 spiro atoms. The highest BCUT2D eigenvalue weighted by molar-refractivity contribution is 5.81. The summed E-state index contributed by atoms with van der Waals surface area (Å²) in [5.74, 6) is -0.199. The van der Waals surface area contributed by atoms with Gasteiger partial charge in [-0.1, -0.05) is 43.6 Å². The molecule has 1 aliphatic carbocycles. The molecular formula is C33H56N4O4+2. The number of hydrogen-bond acceptors (Lipinski definition) is 6. The molecule has 1 aromatic carbocycles. The second-order valence-electron chi connectivity index (χ2n) is 11.7. The van der Waals surface area contributed by atoms with Crippen molar-refractivity contribution in [2.75, 3.05) is 13.1 Å². The van der Waals surface area contributed by atoms with E-state index in [1.165, 1.54) is 5.57 Å². The molecule has 4 atom stereocenters. The van der Waals surface area contributed by atoms with Gasteiger partial charge in [0.05, 0.1) is 13.1 Å². The predicted molar refractivity (Wildman–Crippen MR) is 164 cm³/mol. The van der Waals surface area contributed by atoms with Gasteiger partial charge in [-0.2, -0.15) is 0 Å². The first-order valence-corrected chi connectivity index (χ1v) is 15.6. The molecule has 1 aromatic rings. The lowest BCUT2D eigenvalue weighted by molar-refractivity contribution is -0.368. The first-order chi connectivity index (χ1) is 19.6.